The van der Waals surface area contributed by atoms with E-state index in [4.69, 9.17) is 9.47 Å². The average molecular weight is 395 g/mol. The molecule has 2 fully saturated rings. The van der Waals surface area contributed by atoms with Crippen molar-refractivity contribution in [1.29, 1.82) is 0 Å². The van der Waals surface area contributed by atoms with Crippen molar-refractivity contribution in [3.63, 3.8) is 0 Å². The molecule has 0 atom stereocenters. The lowest BCUT2D eigenvalue weighted by Gasteiger charge is -2.35. The van der Waals surface area contributed by atoms with Gasteiger partial charge in [0.15, 0.2) is 11.5 Å². The van der Waals surface area contributed by atoms with E-state index in [1.807, 2.05) is 36.2 Å². The lowest BCUT2D eigenvalue weighted by Crippen LogP contribution is -2.49. The minimum Gasteiger partial charge on any atom is -0.454 e. The third-order valence-electron chi connectivity index (χ3n) is 5.98. The molecule has 1 aromatic carbocycles. The Bertz CT molecular complexity index is 1000. The number of carbonyl (C=O) groups is 1. The van der Waals surface area contributed by atoms with Gasteiger partial charge in [0.2, 0.25) is 6.79 Å². The first-order valence-electron chi connectivity index (χ1n) is 10.2. The van der Waals surface area contributed by atoms with Crippen LogP contribution in [0.2, 0.25) is 0 Å². The molecule has 0 unspecified atom stereocenters. The number of hydrogen-bond acceptors (Lipinski definition) is 5. The Morgan fingerprint density at radius 1 is 1.07 bits per heavy atom. The van der Waals surface area contributed by atoms with E-state index in [0.29, 0.717) is 18.7 Å². The Hall–Kier alpha value is -2.80. The summed E-state index contributed by atoms with van der Waals surface area (Å²) >= 11 is 0. The summed E-state index contributed by atoms with van der Waals surface area (Å²) in [7, 11) is 0. The van der Waals surface area contributed by atoms with Gasteiger partial charge in [-0.25, -0.2) is 0 Å². The van der Waals surface area contributed by atoms with Crippen molar-refractivity contribution in [3.8, 4) is 11.5 Å². The summed E-state index contributed by atoms with van der Waals surface area (Å²) in [5, 5.41) is 0. The average Bonchev–Trinajstić information content (AvgIpc) is 3.45. The van der Waals surface area contributed by atoms with Gasteiger partial charge in [-0.15, -0.1) is 0 Å². The molecule has 2 aliphatic heterocycles. The first kappa shape index (κ1) is 18.2. The summed E-state index contributed by atoms with van der Waals surface area (Å²) < 4.78 is 12.6. The fraction of sp³-hybridized carbons (Fsp3) is 0.455. The van der Waals surface area contributed by atoms with Crippen LogP contribution in [0.1, 0.15) is 40.4 Å². The van der Waals surface area contributed by atoms with Crippen LogP contribution in [0.3, 0.4) is 0 Å². The largest absolute Gasteiger partial charge is 0.454 e. The van der Waals surface area contributed by atoms with E-state index in [2.05, 4.69) is 11.0 Å². The molecule has 7 nitrogen and oxygen atoms in total. The van der Waals surface area contributed by atoms with Gasteiger partial charge >= 0.3 is 0 Å². The molecular formula is C22H25N3O4. The van der Waals surface area contributed by atoms with E-state index in [-0.39, 0.29) is 24.3 Å². The number of carbonyl (C=O) groups excluding carboxylic acids is 1. The minimum atomic E-state index is -0.139. The van der Waals surface area contributed by atoms with Gasteiger partial charge in [-0.3, -0.25) is 14.5 Å². The zero-order valence-electron chi connectivity index (χ0n) is 16.6. The SMILES string of the molecule is Cc1ccn(C2CC2)c(=O)c1C(=O)N1CCN(Cc2ccc3c(c2)OCO3)CC1. The Labute approximate surface area is 169 Å². The zero-order valence-corrected chi connectivity index (χ0v) is 16.6. The molecule has 0 N–H and O–H groups in total. The van der Waals surface area contributed by atoms with E-state index < -0.39 is 0 Å². The number of nitrogens with zero attached hydrogens (tertiary/aromatic N) is 3. The summed E-state index contributed by atoms with van der Waals surface area (Å²) in [4.78, 5) is 30.1. The molecule has 152 valence electrons. The van der Waals surface area contributed by atoms with Gasteiger partial charge in [0.25, 0.3) is 11.5 Å². The van der Waals surface area contributed by atoms with E-state index in [0.717, 1.165) is 49.5 Å². The maximum Gasteiger partial charge on any atom is 0.263 e. The summed E-state index contributed by atoms with van der Waals surface area (Å²) in [5.41, 5.74) is 2.13. The number of pyridine rings is 1. The van der Waals surface area contributed by atoms with E-state index in [1.54, 1.807) is 4.57 Å². The maximum absolute atomic E-state index is 13.1. The van der Waals surface area contributed by atoms with Gasteiger partial charge < -0.3 is 18.9 Å². The number of piperazine rings is 1. The van der Waals surface area contributed by atoms with Crippen molar-refractivity contribution < 1.29 is 14.3 Å². The molecule has 1 saturated carbocycles. The molecule has 7 heteroatoms. The first-order chi connectivity index (χ1) is 14.1. The van der Waals surface area contributed by atoms with Crippen LogP contribution < -0.4 is 15.0 Å². The fourth-order valence-corrected chi connectivity index (χ4v) is 4.11. The fourth-order valence-electron chi connectivity index (χ4n) is 4.11. The first-order valence-corrected chi connectivity index (χ1v) is 10.2. The minimum absolute atomic E-state index is 0.134. The monoisotopic (exact) mass is 395 g/mol. The highest BCUT2D eigenvalue weighted by Crippen LogP contribution is 2.34. The van der Waals surface area contributed by atoms with Crippen molar-refractivity contribution in [2.45, 2.75) is 32.4 Å². The highest BCUT2D eigenvalue weighted by atomic mass is 16.7. The number of amides is 1. The lowest BCUT2D eigenvalue weighted by molar-refractivity contribution is 0.0625. The van der Waals surface area contributed by atoms with Crippen LogP contribution in [0.4, 0.5) is 0 Å². The smallest absolute Gasteiger partial charge is 0.263 e. The van der Waals surface area contributed by atoms with Crippen molar-refractivity contribution in [1.82, 2.24) is 14.4 Å². The summed E-state index contributed by atoms with van der Waals surface area (Å²) in [5.74, 6) is 1.45. The number of aryl methyl sites for hydroxylation is 1. The Balaban J connectivity index is 1.24. The van der Waals surface area contributed by atoms with Crippen LogP contribution in [0.15, 0.2) is 35.3 Å². The molecule has 5 rings (SSSR count). The van der Waals surface area contributed by atoms with Crippen molar-refractivity contribution >= 4 is 5.91 Å². The zero-order chi connectivity index (χ0) is 20.0. The third kappa shape index (κ3) is 3.51. The highest BCUT2D eigenvalue weighted by molar-refractivity contribution is 5.95. The van der Waals surface area contributed by atoms with Crippen molar-refractivity contribution in [2.75, 3.05) is 33.0 Å². The van der Waals surface area contributed by atoms with Crippen LogP contribution in [0.5, 0.6) is 11.5 Å². The van der Waals surface area contributed by atoms with Crippen LogP contribution in [0.25, 0.3) is 0 Å². The van der Waals surface area contributed by atoms with E-state index in [1.165, 1.54) is 5.56 Å². The van der Waals surface area contributed by atoms with Gasteiger partial charge in [0, 0.05) is 45.0 Å². The standard InChI is InChI=1S/C22H25N3O4/c1-15-6-7-25(17-3-4-17)22(27)20(15)21(26)24-10-8-23(9-11-24)13-16-2-5-18-19(12-16)29-14-28-18/h2,5-7,12,17H,3-4,8-11,13-14H2,1H3. The molecule has 3 heterocycles. The van der Waals surface area contributed by atoms with Crippen LogP contribution in [-0.4, -0.2) is 53.2 Å². The lowest BCUT2D eigenvalue weighted by atomic mass is 10.1. The normalized spacial score (nSPS) is 18.9. The molecule has 1 amide bonds. The molecule has 1 aliphatic carbocycles. The van der Waals surface area contributed by atoms with Crippen molar-refractivity contribution in [2.24, 2.45) is 0 Å². The predicted octanol–water partition coefficient (Wildman–Crippen LogP) is 2.18. The van der Waals surface area contributed by atoms with Crippen LogP contribution >= 0.6 is 0 Å². The van der Waals surface area contributed by atoms with Gasteiger partial charge in [-0.2, -0.15) is 0 Å². The molecule has 0 spiro atoms. The quantitative estimate of drug-likeness (QED) is 0.794. The highest BCUT2D eigenvalue weighted by Gasteiger charge is 2.30. The summed E-state index contributed by atoms with van der Waals surface area (Å²) in [6, 6.07) is 8.18. The molecule has 0 radical (unpaired) electrons. The van der Waals surface area contributed by atoms with Gasteiger partial charge in [-0.05, 0) is 49.1 Å². The second-order valence-electron chi connectivity index (χ2n) is 8.07. The number of fused-ring (bicyclic) bond motifs is 1. The number of ether oxygens (including phenoxy) is 2. The number of rotatable bonds is 4. The second-order valence-corrected chi connectivity index (χ2v) is 8.07. The predicted molar refractivity (Wildman–Crippen MR) is 107 cm³/mol. The molecular weight excluding hydrogens is 370 g/mol. The molecule has 3 aliphatic rings. The third-order valence-corrected chi connectivity index (χ3v) is 5.98. The molecule has 29 heavy (non-hydrogen) atoms. The summed E-state index contributed by atoms with van der Waals surface area (Å²) in [6.45, 7) is 5.74. The second kappa shape index (κ2) is 7.22. The number of aromatic nitrogens is 1. The molecule has 0 bridgehead atoms. The van der Waals surface area contributed by atoms with E-state index >= 15 is 0 Å². The summed E-state index contributed by atoms with van der Waals surface area (Å²) in [6.07, 6.45) is 3.87. The topological polar surface area (TPSA) is 64.0 Å². The molecule has 1 saturated heterocycles. The van der Waals surface area contributed by atoms with Gasteiger partial charge in [0.1, 0.15) is 5.56 Å². The van der Waals surface area contributed by atoms with Gasteiger partial charge in [-0.1, -0.05) is 6.07 Å². The van der Waals surface area contributed by atoms with Crippen molar-refractivity contribution in [3.05, 3.63) is 57.5 Å². The molecule has 2 aromatic rings. The van der Waals surface area contributed by atoms with Crippen LogP contribution in [-0.2, 0) is 6.54 Å². The Morgan fingerprint density at radius 2 is 1.83 bits per heavy atom. The Kier molecular flexibility index (Phi) is 4.54. The number of benzene rings is 1. The Morgan fingerprint density at radius 3 is 2.59 bits per heavy atom. The maximum atomic E-state index is 13.1. The van der Waals surface area contributed by atoms with E-state index in [9.17, 15) is 9.59 Å². The molecule has 1 aromatic heterocycles. The van der Waals surface area contributed by atoms with Gasteiger partial charge in [0.05, 0.1) is 0 Å². The number of hydrogen-bond donors (Lipinski definition) is 0. The van der Waals surface area contributed by atoms with Crippen LogP contribution in [0, 0.1) is 6.92 Å².